The first-order chi connectivity index (χ1) is 7.17. The van der Waals surface area contributed by atoms with E-state index in [0.29, 0.717) is 13.2 Å². The number of likely N-dealkylation sites (N-methyl/N-ethyl adjacent to an activating group) is 1. The van der Waals surface area contributed by atoms with Crippen LogP contribution in [0.5, 0.6) is 0 Å². The van der Waals surface area contributed by atoms with Crippen molar-refractivity contribution in [1.82, 2.24) is 10.3 Å². The fourth-order valence-electron chi connectivity index (χ4n) is 1.27. The Morgan fingerprint density at radius 1 is 1.47 bits per heavy atom. The number of rotatable bonds is 8. The summed E-state index contributed by atoms with van der Waals surface area (Å²) in [5, 5.41) is 0. The van der Waals surface area contributed by atoms with Crippen molar-refractivity contribution in [1.29, 1.82) is 0 Å². The maximum Gasteiger partial charge on any atom is 0.253 e. The van der Waals surface area contributed by atoms with Crippen LogP contribution in [0, 0.1) is 0 Å². The summed E-state index contributed by atoms with van der Waals surface area (Å²) in [4.78, 5) is 13.3. The van der Waals surface area contributed by atoms with Crippen LogP contribution in [0.2, 0.25) is 0 Å². The molecule has 0 saturated heterocycles. The van der Waals surface area contributed by atoms with Gasteiger partial charge in [0, 0.05) is 27.4 Å². The number of ether oxygens (including phenoxy) is 2. The van der Waals surface area contributed by atoms with Crippen LogP contribution in [-0.4, -0.2) is 57.9 Å². The summed E-state index contributed by atoms with van der Waals surface area (Å²) in [5.74, 6) is 4.85. The van der Waals surface area contributed by atoms with E-state index in [1.165, 1.54) is 0 Å². The lowest BCUT2D eigenvalue weighted by Gasteiger charge is -2.25. The first kappa shape index (κ1) is 14.3. The summed E-state index contributed by atoms with van der Waals surface area (Å²) in [6.07, 6.45) is 0.866. The topological polar surface area (TPSA) is 76.8 Å². The van der Waals surface area contributed by atoms with E-state index >= 15 is 0 Å². The van der Waals surface area contributed by atoms with Crippen molar-refractivity contribution in [2.75, 3.05) is 41.0 Å². The molecule has 0 aromatic heterocycles. The quantitative estimate of drug-likeness (QED) is 0.236. The number of hydrogen-bond donors (Lipinski definition) is 2. The number of methoxy groups -OCH3 is 2. The van der Waals surface area contributed by atoms with Crippen LogP contribution in [0.4, 0.5) is 0 Å². The zero-order chi connectivity index (χ0) is 11.7. The van der Waals surface area contributed by atoms with Gasteiger partial charge in [-0.3, -0.25) is 15.1 Å². The minimum atomic E-state index is -0.350. The summed E-state index contributed by atoms with van der Waals surface area (Å²) in [6.45, 7) is 1.76. The largest absolute Gasteiger partial charge is 0.385 e. The van der Waals surface area contributed by atoms with Gasteiger partial charge in [-0.1, -0.05) is 0 Å². The third-order valence-corrected chi connectivity index (χ3v) is 2.16. The molecule has 0 aliphatic carbocycles. The Balaban J connectivity index is 4.03. The summed E-state index contributed by atoms with van der Waals surface area (Å²) in [5.41, 5.74) is 2.13. The van der Waals surface area contributed by atoms with Crippen LogP contribution in [-0.2, 0) is 14.3 Å². The van der Waals surface area contributed by atoms with Crippen molar-refractivity contribution in [2.24, 2.45) is 5.84 Å². The van der Waals surface area contributed by atoms with Crippen molar-refractivity contribution >= 4 is 5.91 Å². The van der Waals surface area contributed by atoms with Gasteiger partial charge in [0.15, 0.2) is 0 Å². The molecule has 15 heavy (non-hydrogen) atoms. The molecule has 0 radical (unpaired) electrons. The predicted molar refractivity (Wildman–Crippen MR) is 57.1 cm³/mol. The lowest BCUT2D eigenvalue weighted by Crippen LogP contribution is -2.50. The van der Waals surface area contributed by atoms with Crippen LogP contribution >= 0.6 is 0 Å². The summed E-state index contributed by atoms with van der Waals surface area (Å²) in [6, 6.07) is -0.350. The fourth-order valence-corrected chi connectivity index (χ4v) is 1.27. The summed E-state index contributed by atoms with van der Waals surface area (Å²) < 4.78 is 9.90. The van der Waals surface area contributed by atoms with Crippen molar-refractivity contribution in [3.8, 4) is 0 Å². The molecule has 6 heteroatoms. The number of hydrazine groups is 1. The molecular formula is C9H21N3O3. The second-order valence-electron chi connectivity index (χ2n) is 3.31. The van der Waals surface area contributed by atoms with E-state index in [1.807, 2.05) is 11.9 Å². The van der Waals surface area contributed by atoms with Gasteiger partial charge in [0.2, 0.25) is 0 Å². The minimum Gasteiger partial charge on any atom is -0.385 e. The lowest BCUT2D eigenvalue weighted by atomic mass is 10.2. The summed E-state index contributed by atoms with van der Waals surface area (Å²) in [7, 11) is 5.06. The standard InChI is InChI=1S/C9H21N3O3/c1-12(5-4-6-14-2)8(7-15-3)9(13)11-10/h8H,4-7,10H2,1-3H3,(H,11,13). The van der Waals surface area contributed by atoms with Crippen LogP contribution < -0.4 is 11.3 Å². The molecule has 0 rings (SSSR count). The maximum atomic E-state index is 11.4. The first-order valence-corrected chi connectivity index (χ1v) is 4.86. The van der Waals surface area contributed by atoms with Crippen molar-refractivity contribution < 1.29 is 14.3 Å². The number of carbonyl (C=O) groups is 1. The van der Waals surface area contributed by atoms with Gasteiger partial charge in [0.25, 0.3) is 5.91 Å². The van der Waals surface area contributed by atoms with Gasteiger partial charge in [-0.05, 0) is 13.5 Å². The SMILES string of the molecule is COCCCN(C)C(COC)C(=O)NN. The van der Waals surface area contributed by atoms with Crippen LogP contribution in [0.3, 0.4) is 0 Å². The second kappa shape index (κ2) is 8.60. The third-order valence-electron chi connectivity index (χ3n) is 2.16. The van der Waals surface area contributed by atoms with Crippen LogP contribution in [0.25, 0.3) is 0 Å². The van der Waals surface area contributed by atoms with Gasteiger partial charge in [-0.2, -0.15) is 0 Å². The molecule has 0 fully saturated rings. The Kier molecular flexibility index (Phi) is 8.21. The molecule has 6 nitrogen and oxygen atoms in total. The van der Waals surface area contributed by atoms with Gasteiger partial charge in [0.05, 0.1) is 6.61 Å². The van der Waals surface area contributed by atoms with Crippen molar-refractivity contribution in [2.45, 2.75) is 12.5 Å². The summed E-state index contributed by atoms with van der Waals surface area (Å²) >= 11 is 0. The average molecular weight is 219 g/mol. The van der Waals surface area contributed by atoms with E-state index in [2.05, 4.69) is 5.43 Å². The Labute approximate surface area is 90.7 Å². The molecule has 0 aliphatic heterocycles. The average Bonchev–Trinajstić information content (AvgIpc) is 2.25. The Bertz CT molecular complexity index is 178. The minimum absolute atomic E-state index is 0.239. The smallest absolute Gasteiger partial charge is 0.253 e. The zero-order valence-corrected chi connectivity index (χ0v) is 9.66. The highest BCUT2D eigenvalue weighted by atomic mass is 16.5. The Morgan fingerprint density at radius 3 is 2.60 bits per heavy atom. The van der Waals surface area contributed by atoms with Gasteiger partial charge in [-0.15, -0.1) is 0 Å². The maximum absolute atomic E-state index is 11.4. The molecule has 0 saturated carbocycles. The monoisotopic (exact) mass is 219 g/mol. The number of nitrogens with one attached hydrogen (secondary N) is 1. The van der Waals surface area contributed by atoms with Gasteiger partial charge >= 0.3 is 0 Å². The molecule has 1 unspecified atom stereocenters. The Hall–Kier alpha value is -0.690. The van der Waals surface area contributed by atoms with Crippen LogP contribution in [0.15, 0.2) is 0 Å². The van der Waals surface area contributed by atoms with E-state index < -0.39 is 0 Å². The van der Waals surface area contributed by atoms with Crippen molar-refractivity contribution in [3.63, 3.8) is 0 Å². The normalized spacial score (nSPS) is 12.9. The molecule has 3 N–H and O–H groups in total. The van der Waals surface area contributed by atoms with Gasteiger partial charge in [0.1, 0.15) is 6.04 Å². The highest BCUT2D eigenvalue weighted by molar-refractivity contribution is 5.81. The van der Waals surface area contributed by atoms with Gasteiger partial charge in [-0.25, -0.2) is 5.84 Å². The Morgan fingerprint density at radius 2 is 2.13 bits per heavy atom. The number of nitrogens with two attached hydrogens (primary N) is 1. The lowest BCUT2D eigenvalue weighted by molar-refractivity contribution is -0.127. The highest BCUT2D eigenvalue weighted by Crippen LogP contribution is 1.99. The number of amides is 1. The zero-order valence-electron chi connectivity index (χ0n) is 9.66. The highest BCUT2D eigenvalue weighted by Gasteiger charge is 2.21. The second-order valence-corrected chi connectivity index (χ2v) is 3.31. The van der Waals surface area contributed by atoms with E-state index in [4.69, 9.17) is 15.3 Å². The molecular weight excluding hydrogens is 198 g/mol. The van der Waals surface area contributed by atoms with E-state index in [1.54, 1.807) is 14.2 Å². The molecule has 0 aliphatic rings. The van der Waals surface area contributed by atoms with Crippen molar-refractivity contribution in [3.05, 3.63) is 0 Å². The molecule has 1 atom stereocenters. The predicted octanol–water partition coefficient (Wildman–Crippen LogP) is -1.04. The van der Waals surface area contributed by atoms with E-state index in [0.717, 1.165) is 13.0 Å². The number of carbonyl (C=O) groups excluding carboxylic acids is 1. The molecule has 0 heterocycles. The van der Waals surface area contributed by atoms with E-state index in [-0.39, 0.29) is 11.9 Å². The fraction of sp³-hybridized carbons (Fsp3) is 0.889. The van der Waals surface area contributed by atoms with Crippen LogP contribution in [0.1, 0.15) is 6.42 Å². The van der Waals surface area contributed by atoms with E-state index in [9.17, 15) is 4.79 Å². The first-order valence-electron chi connectivity index (χ1n) is 4.86. The molecule has 1 amide bonds. The van der Waals surface area contributed by atoms with Gasteiger partial charge < -0.3 is 9.47 Å². The molecule has 0 bridgehead atoms. The molecule has 0 aromatic rings. The molecule has 90 valence electrons. The third kappa shape index (κ3) is 5.68. The number of nitrogens with zero attached hydrogens (tertiary/aromatic N) is 1. The number of hydrogen-bond acceptors (Lipinski definition) is 5. The molecule has 0 spiro atoms. The molecule has 0 aromatic carbocycles.